The smallest absolute Gasteiger partial charge is 0.319 e. The van der Waals surface area contributed by atoms with Crippen LogP contribution in [0.25, 0.3) is 0 Å². The Bertz CT molecular complexity index is 443. The van der Waals surface area contributed by atoms with Gasteiger partial charge in [0.05, 0.1) is 0 Å². The van der Waals surface area contributed by atoms with Gasteiger partial charge in [-0.05, 0) is 36.5 Å². The van der Waals surface area contributed by atoms with E-state index in [9.17, 15) is 4.79 Å². The van der Waals surface area contributed by atoms with Crippen molar-refractivity contribution in [3.8, 4) is 0 Å². The standard InChI is InChI=1S/C19H30N2O/c1-15(2)16-11-13-18(14-12-16)21-19(22)20-17-9-7-5-3-4-6-8-10-17/h11-15,17H,3-10H2,1-2H3,(H2,20,21,22). The molecule has 0 aromatic heterocycles. The second-order valence-corrected chi connectivity index (χ2v) is 6.77. The second-order valence-electron chi connectivity index (χ2n) is 6.77. The van der Waals surface area contributed by atoms with Crippen LogP contribution in [0.3, 0.4) is 0 Å². The number of amides is 2. The van der Waals surface area contributed by atoms with Gasteiger partial charge in [-0.1, -0.05) is 64.5 Å². The van der Waals surface area contributed by atoms with Crippen LogP contribution < -0.4 is 10.6 Å². The Morgan fingerprint density at radius 2 is 1.50 bits per heavy atom. The molecule has 3 nitrogen and oxygen atoms in total. The molecule has 0 aliphatic heterocycles. The van der Waals surface area contributed by atoms with Gasteiger partial charge < -0.3 is 10.6 Å². The van der Waals surface area contributed by atoms with Crippen molar-refractivity contribution in [1.82, 2.24) is 5.32 Å². The molecule has 2 N–H and O–H groups in total. The van der Waals surface area contributed by atoms with Crippen molar-refractivity contribution >= 4 is 11.7 Å². The van der Waals surface area contributed by atoms with Crippen molar-refractivity contribution in [2.45, 2.75) is 77.2 Å². The fraction of sp³-hybridized carbons (Fsp3) is 0.632. The van der Waals surface area contributed by atoms with Gasteiger partial charge in [-0.2, -0.15) is 0 Å². The first-order valence-electron chi connectivity index (χ1n) is 8.82. The summed E-state index contributed by atoms with van der Waals surface area (Å²) in [6.07, 6.45) is 9.98. The van der Waals surface area contributed by atoms with Gasteiger partial charge in [0.15, 0.2) is 0 Å². The van der Waals surface area contributed by atoms with Gasteiger partial charge in [0, 0.05) is 11.7 Å². The van der Waals surface area contributed by atoms with Crippen molar-refractivity contribution in [2.75, 3.05) is 5.32 Å². The highest BCUT2D eigenvalue weighted by Gasteiger charge is 2.13. The fourth-order valence-corrected chi connectivity index (χ4v) is 3.08. The van der Waals surface area contributed by atoms with E-state index >= 15 is 0 Å². The Morgan fingerprint density at radius 1 is 0.955 bits per heavy atom. The number of benzene rings is 1. The third-order valence-corrected chi connectivity index (χ3v) is 4.53. The molecule has 1 aromatic rings. The minimum absolute atomic E-state index is 0.0680. The third-order valence-electron chi connectivity index (χ3n) is 4.53. The van der Waals surface area contributed by atoms with Crippen molar-refractivity contribution in [3.63, 3.8) is 0 Å². The van der Waals surface area contributed by atoms with E-state index in [-0.39, 0.29) is 6.03 Å². The maximum atomic E-state index is 12.2. The lowest BCUT2D eigenvalue weighted by Crippen LogP contribution is -2.37. The summed E-state index contributed by atoms with van der Waals surface area (Å²) >= 11 is 0. The minimum atomic E-state index is -0.0680. The molecule has 1 fully saturated rings. The van der Waals surface area contributed by atoms with Crippen LogP contribution in [-0.4, -0.2) is 12.1 Å². The zero-order chi connectivity index (χ0) is 15.8. The first kappa shape index (κ1) is 16.9. The van der Waals surface area contributed by atoms with E-state index in [2.05, 4.69) is 36.6 Å². The predicted molar refractivity (Wildman–Crippen MR) is 93.4 cm³/mol. The van der Waals surface area contributed by atoms with Crippen LogP contribution >= 0.6 is 0 Å². The van der Waals surface area contributed by atoms with Gasteiger partial charge in [0.25, 0.3) is 0 Å². The molecule has 1 aliphatic carbocycles. The van der Waals surface area contributed by atoms with E-state index in [1.807, 2.05) is 12.1 Å². The van der Waals surface area contributed by atoms with Crippen LogP contribution in [0.2, 0.25) is 0 Å². The average molecular weight is 302 g/mol. The Hall–Kier alpha value is -1.51. The molecule has 2 amide bonds. The van der Waals surface area contributed by atoms with E-state index in [0.717, 1.165) is 18.5 Å². The van der Waals surface area contributed by atoms with Gasteiger partial charge in [0.1, 0.15) is 0 Å². The van der Waals surface area contributed by atoms with Gasteiger partial charge in [-0.25, -0.2) is 4.79 Å². The summed E-state index contributed by atoms with van der Waals surface area (Å²) in [6, 6.07) is 8.39. The first-order valence-corrected chi connectivity index (χ1v) is 8.82. The molecule has 0 atom stereocenters. The number of rotatable bonds is 3. The molecular weight excluding hydrogens is 272 g/mol. The first-order chi connectivity index (χ1) is 10.6. The Morgan fingerprint density at radius 3 is 2.05 bits per heavy atom. The molecule has 22 heavy (non-hydrogen) atoms. The van der Waals surface area contributed by atoms with E-state index < -0.39 is 0 Å². The number of urea groups is 1. The number of carbonyl (C=O) groups excluding carboxylic acids is 1. The summed E-state index contributed by atoms with van der Waals surface area (Å²) in [5.41, 5.74) is 2.16. The third kappa shape index (κ3) is 5.70. The van der Waals surface area contributed by atoms with E-state index in [1.165, 1.54) is 44.1 Å². The normalized spacial score (nSPS) is 17.4. The second kappa shape index (κ2) is 8.82. The largest absolute Gasteiger partial charge is 0.335 e. The van der Waals surface area contributed by atoms with Crippen molar-refractivity contribution in [1.29, 1.82) is 0 Å². The quantitative estimate of drug-likeness (QED) is 0.767. The Labute approximate surface area is 134 Å². The van der Waals surface area contributed by atoms with Crippen LogP contribution in [0.4, 0.5) is 10.5 Å². The van der Waals surface area contributed by atoms with Gasteiger partial charge in [-0.3, -0.25) is 0 Å². The lowest BCUT2D eigenvalue weighted by Gasteiger charge is -2.18. The van der Waals surface area contributed by atoms with Crippen LogP contribution in [0.1, 0.15) is 76.7 Å². The molecular formula is C19H30N2O. The summed E-state index contributed by atoms with van der Waals surface area (Å²) in [5.74, 6) is 0.515. The van der Waals surface area contributed by atoms with Crippen molar-refractivity contribution in [2.24, 2.45) is 0 Å². The lowest BCUT2D eigenvalue weighted by molar-refractivity contribution is 0.246. The summed E-state index contributed by atoms with van der Waals surface area (Å²) in [6.45, 7) is 4.35. The predicted octanol–water partition coefficient (Wildman–Crippen LogP) is 5.43. The maximum absolute atomic E-state index is 12.2. The van der Waals surface area contributed by atoms with Crippen LogP contribution in [0, 0.1) is 0 Å². The average Bonchev–Trinajstić information content (AvgIpc) is 2.62. The molecule has 3 heteroatoms. The molecule has 0 saturated heterocycles. The molecule has 1 aliphatic rings. The molecule has 1 aromatic carbocycles. The minimum Gasteiger partial charge on any atom is -0.335 e. The number of carbonyl (C=O) groups is 1. The highest BCUT2D eigenvalue weighted by molar-refractivity contribution is 5.89. The summed E-state index contributed by atoms with van der Waals surface area (Å²) in [5, 5.41) is 6.11. The Kier molecular flexibility index (Phi) is 6.75. The van der Waals surface area contributed by atoms with Crippen LogP contribution in [0.15, 0.2) is 24.3 Å². The maximum Gasteiger partial charge on any atom is 0.319 e. The van der Waals surface area contributed by atoms with Crippen molar-refractivity contribution < 1.29 is 4.79 Å². The number of anilines is 1. The zero-order valence-corrected chi connectivity index (χ0v) is 14.0. The number of nitrogens with one attached hydrogen (secondary N) is 2. The van der Waals surface area contributed by atoms with Crippen molar-refractivity contribution in [3.05, 3.63) is 29.8 Å². The number of hydrogen-bond donors (Lipinski definition) is 2. The molecule has 2 rings (SSSR count). The highest BCUT2D eigenvalue weighted by Crippen LogP contribution is 2.18. The van der Waals surface area contributed by atoms with Gasteiger partial charge >= 0.3 is 6.03 Å². The SMILES string of the molecule is CC(C)c1ccc(NC(=O)NC2CCCCCCCC2)cc1. The van der Waals surface area contributed by atoms with Gasteiger partial charge in [0.2, 0.25) is 0 Å². The Balaban J connectivity index is 1.82. The molecule has 0 bridgehead atoms. The molecule has 0 unspecified atom stereocenters. The summed E-state index contributed by atoms with van der Waals surface area (Å²) in [7, 11) is 0. The highest BCUT2D eigenvalue weighted by atomic mass is 16.2. The topological polar surface area (TPSA) is 41.1 Å². The molecule has 0 spiro atoms. The van der Waals surface area contributed by atoms with Crippen LogP contribution in [0.5, 0.6) is 0 Å². The zero-order valence-electron chi connectivity index (χ0n) is 14.0. The fourth-order valence-electron chi connectivity index (χ4n) is 3.08. The summed E-state index contributed by atoms with van der Waals surface area (Å²) in [4.78, 5) is 12.2. The van der Waals surface area contributed by atoms with E-state index in [0.29, 0.717) is 12.0 Å². The summed E-state index contributed by atoms with van der Waals surface area (Å²) < 4.78 is 0. The van der Waals surface area contributed by atoms with E-state index in [1.54, 1.807) is 0 Å². The van der Waals surface area contributed by atoms with Gasteiger partial charge in [-0.15, -0.1) is 0 Å². The number of hydrogen-bond acceptors (Lipinski definition) is 1. The molecule has 0 heterocycles. The monoisotopic (exact) mass is 302 g/mol. The molecule has 122 valence electrons. The van der Waals surface area contributed by atoms with E-state index in [4.69, 9.17) is 0 Å². The molecule has 1 saturated carbocycles. The molecule has 0 radical (unpaired) electrons. The lowest BCUT2D eigenvalue weighted by atomic mass is 10.0. The van der Waals surface area contributed by atoms with Crippen LogP contribution in [-0.2, 0) is 0 Å².